The van der Waals surface area contributed by atoms with Crippen LogP contribution in [0.4, 0.5) is 0 Å². The molecule has 2 amide bonds. The van der Waals surface area contributed by atoms with Gasteiger partial charge in [0.2, 0.25) is 0 Å². The van der Waals surface area contributed by atoms with Crippen molar-refractivity contribution in [2.75, 3.05) is 31.2 Å². The van der Waals surface area contributed by atoms with Gasteiger partial charge in [0.1, 0.15) is 10.6 Å². The summed E-state index contributed by atoms with van der Waals surface area (Å²) in [6.45, 7) is 1.58. The first-order chi connectivity index (χ1) is 14.7. The molecule has 1 aromatic heterocycles. The number of likely N-dealkylation sites (tertiary alicyclic amines) is 1. The SMILES string of the molecule is O=C(NC1CCSCC1)c1sc(-c2ccccc2)cc1OCC(=O)N1CCCCC1. The molecule has 7 heteroatoms. The van der Waals surface area contributed by atoms with E-state index in [9.17, 15) is 9.59 Å². The molecule has 160 valence electrons. The van der Waals surface area contributed by atoms with E-state index in [2.05, 4.69) is 5.32 Å². The van der Waals surface area contributed by atoms with Crippen molar-refractivity contribution >= 4 is 34.9 Å². The molecule has 2 aromatic rings. The lowest BCUT2D eigenvalue weighted by molar-refractivity contribution is -0.134. The standard InChI is InChI=1S/C23H28N2O3S2/c26-21(25-11-5-2-6-12-25)16-28-19-15-20(17-7-3-1-4-8-17)30-22(19)23(27)24-18-9-13-29-14-10-18/h1,3-4,7-8,15,18H,2,5-6,9-14,16H2,(H,24,27). The van der Waals surface area contributed by atoms with E-state index in [1.165, 1.54) is 17.8 Å². The van der Waals surface area contributed by atoms with Crippen molar-refractivity contribution in [2.45, 2.75) is 38.1 Å². The molecule has 30 heavy (non-hydrogen) atoms. The summed E-state index contributed by atoms with van der Waals surface area (Å²) < 4.78 is 5.92. The highest BCUT2D eigenvalue weighted by molar-refractivity contribution is 7.99. The fraction of sp³-hybridized carbons (Fsp3) is 0.478. The minimum atomic E-state index is -0.0977. The van der Waals surface area contributed by atoms with Crippen LogP contribution in [0.5, 0.6) is 5.75 Å². The van der Waals surface area contributed by atoms with E-state index in [-0.39, 0.29) is 24.5 Å². The molecule has 0 saturated carbocycles. The van der Waals surface area contributed by atoms with Crippen molar-refractivity contribution in [1.29, 1.82) is 0 Å². The number of thioether (sulfide) groups is 1. The van der Waals surface area contributed by atoms with Crippen LogP contribution in [0.25, 0.3) is 10.4 Å². The summed E-state index contributed by atoms with van der Waals surface area (Å²) in [7, 11) is 0. The van der Waals surface area contributed by atoms with Crippen LogP contribution in [0.15, 0.2) is 36.4 Å². The summed E-state index contributed by atoms with van der Waals surface area (Å²) in [5.74, 6) is 2.57. The lowest BCUT2D eigenvalue weighted by Crippen LogP contribution is -2.39. The van der Waals surface area contributed by atoms with Gasteiger partial charge in [-0.05, 0) is 55.2 Å². The average molecular weight is 445 g/mol. The molecular weight excluding hydrogens is 416 g/mol. The van der Waals surface area contributed by atoms with E-state index in [0.717, 1.165) is 60.7 Å². The first-order valence-electron chi connectivity index (χ1n) is 10.7. The van der Waals surface area contributed by atoms with Crippen LogP contribution < -0.4 is 10.1 Å². The van der Waals surface area contributed by atoms with Gasteiger partial charge in [0.15, 0.2) is 6.61 Å². The number of nitrogens with zero attached hydrogens (tertiary/aromatic N) is 1. The number of carbonyl (C=O) groups is 2. The second kappa shape index (κ2) is 10.4. The monoisotopic (exact) mass is 444 g/mol. The Balaban J connectivity index is 1.50. The first-order valence-corrected chi connectivity index (χ1v) is 12.7. The predicted molar refractivity (Wildman–Crippen MR) is 123 cm³/mol. The third-order valence-electron chi connectivity index (χ3n) is 5.58. The fourth-order valence-corrected chi connectivity index (χ4v) is 5.97. The molecule has 2 fully saturated rings. The number of rotatable bonds is 6. The van der Waals surface area contributed by atoms with Crippen LogP contribution >= 0.6 is 23.1 Å². The minimum absolute atomic E-state index is 0.00201. The van der Waals surface area contributed by atoms with Gasteiger partial charge in [-0.15, -0.1) is 11.3 Å². The molecule has 4 rings (SSSR count). The molecule has 2 aliphatic heterocycles. The second-order valence-electron chi connectivity index (χ2n) is 7.76. The van der Waals surface area contributed by atoms with Crippen LogP contribution in [-0.2, 0) is 4.79 Å². The number of thiophene rings is 1. The molecule has 2 saturated heterocycles. The molecule has 5 nitrogen and oxygen atoms in total. The smallest absolute Gasteiger partial charge is 0.265 e. The summed E-state index contributed by atoms with van der Waals surface area (Å²) in [4.78, 5) is 29.0. The summed E-state index contributed by atoms with van der Waals surface area (Å²) in [5, 5.41) is 3.17. The van der Waals surface area contributed by atoms with Gasteiger partial charge in [-0.2, -0.15) is 11.8 Å². The number of hydrogen-bond donors (Lipinski definition) is 1. The summed E-state index contributed by atoms with van der Waals surface area (Å²) >= 11 is 3.36. The summed E-state index contributed by atoms with van der Waals surface area (Å²) in [5.41, 5.74) is 1.04. The van der Waals surface area contributed by atoms with Crippen molar-refractivity contribution in [3.8, 4) is 16.2 Å². The van der Waals surface area contributed by atoms with E-state index in [4.69, 9.17) is 4.74 Å². The van der Waals surface area contributed by atoms with Crippen LogP contribution in [0.1, 0.15) is 41.8 Å². The molecule has 0 spiro atoms. The van der Waals surface area contributed by atoms with Gasteiger partial charge in [-0.3, -0.25) is 9.59 Å². The Morgan fingerprint density at radius 1 is 1.07 bits per heavy atom. The van der Waals surface area contributed by atoms with Gasteiger partial charge >= 0.3 is 0 Å². The average Bonchev–Trinajstić information content (AvgIpc) is 3.24. The van der Waals surface area contributed by atoms with Gasteiger partial charge in [-0.1, -0.05) is 30.3 Å². The van der Waals surface area contributed by atoms with Crippen LogP contribution in [0.3, 0.4) is 0 Å². The molecular formula is C23H28N2O3S2. The van der Waals surface area contributed by atoms with Crippen LogP contribution in [0, 0.1) is 0 Å². The zero-order valence-corrected chi connectivity index (χ0v) is 18.7. The normalized spacial score (nSPS) is 17.5. The van der Waals surface area contributed by atoms with Gasteiger partial charge in [0.05, 0.1) is 0 Å². The zero-order valence-electron chi connectivity index (χ0n) is 17.1. The Morgan fingerprint density at radius 3 is 2.53 bits per heavy atom. The Bertz CT molecular complexity index is 857. The van der Waals surface area contributed by atoms with Crippen molar-refractivity contribution < 1.29 is 14.3 Å². The molecule has 3 heterocycles. The number of hydrogen-bond acceptors (Lipinski definition) is 5. The van der Waals surface area contributed by atoms with Gasteiger partial charge < -0.3 is 15.0 Å². The number of benzene rings is 1. The molecule has 0 aliphatic carbocycles. The van der Waals surface area contributed by atoms with Crippen molar-refractivity contribution in [3.05, 3.63) is 41.3 Å². The largest absolute Gasteiger partial charge is 0.482 e. The number of nitrogens with one attached hydrogen (secondary N) is 1. The van der Waals surface area contributed by atoms with Crippen molar-refractivity contribution in [3.63, 3.8) is 0 Å². The van der Waals surface area contributed by atoms with Gasteiger partial charge in [-0.25, -0.2) is 0 Å². The number of carbonyl (C=O) groups excluding carboxylic acids is 2. The third kappa shape index (κ3) is 5.38. The number of amides is 2. The van der Waals surface area contributed by atoms with E-state index in [0.29, 0.717) is 10.6 Å². The van der Waals surface area contributed by atoms with E-state index in [1.54, 1.807) is 0 Å². The zero-order chi connectivity index (χ0) is 20.8. The Labute approximate surface area is 186 Å². The van der Waals surface area contributed by atoms with Crippen molar-refractivity contribution in [1.82, 2.24) is 10.2 Å². The van der Waals surface area contributed by atoms with Gasteiger partial charge in [0.25, 0.3) is 11.8 Å². The first kappa shape index (κ1) is 21.2. The molecule has 0 bridgehead atoms. The van der Waals surface area contributed by atoms with Gasteiger partial charge in [0, 0.05) is 24.0 Å². The maximum absolute atomic E-state index is 13.0. The highest BCUT2D eigenvalue weighted by Crippen LogP contribution is 2.36. The molecule has 2 aliphatic rings. The lowest BCUT2D eigenvalue weighted by Gasteiger charge is -2.26. The second-order valence-corrected chi connectivity index (χ2v) is 10.0. The number of piperidine rings is 1. The molecule has 0 radical (unpaired) electrons. The Kier molecular flexibility index (Phi) is 7.33. The maximum Gasteiger partial charge on any atom is 0.265 e. The van der Waals surface area contributed by atoms with Crippen molar-refractivity contribution in [2.24, 2.45) is 0 Å². The highest BCUT2D eigenvalue weighted by Gasteiger charge is 2.24. The number of ether oxygens (including phenoxy) is 1. The van der Waals surface area contributed by atoms with Crippen LogP contribution in [0.2, 0.25) is 0 Å². The van der Waals surface area contributed by atoms with E-state index >= 15 is 0 Å². The predicted octanol–water partition coefficient (Wildman–Crippen LogP) is 4.43. The fourth-order valence-electron chi connectivity index (χ4n) is 3.85. The maximum atomic E-state index is 13.0. The summed E-state index contributed by atoms with van der Waals surface area (Å²) in [6, 6.07) is 12.1. The quantitative estimate of drug-likeness (QED) is 0.716. The summed E-state index contributed by atoms with van der Waals surface area (Å²) in [6.07, 6.45) is 5.28. The van der Waals surface area contributed by atoms with E-state index < -0.39 is 0 Å². The molecule has 0 atom stereocenters. The lowest BCUT2D eigenvalue weighted by atomic mass is 10.1. The Hall–Kier alpha value is -1.99. The topological polar surface area (TPSA) is 58.6 Å². The minimum Gasteiger partial charge on any atom is -0.482 e. The highest BCUT2D eigenvalue weighted by atomic mass is 32.2. The molecule has 0 unspecified atom stereocenters. The van der Waals surface area contributed by atoms with E-state index in [1.807, 2.05) is 53.1 Å². The molecule has 1 aromatic carbocycles. The third-order valence-corrected chi connectivity index (χ3v) is 7.79. The molecule has 1 N–H and O–H groups in total. The Morgan fingerprint density at radius 2 is 1.80 bits per heavy atom. The van der Waals surface area contributed by atoms with Crippen LogP contribution in [-0.4, -0.2) is 54.0 Å².